The summed E-state index contributed by atoms with van der Waals surface area (Å²) in [4.78, 5) is 31.8. The first kappa shape index (κ1) is 21.6. The Morgan fingerprint density at radius 1 is 1.00 bits per heavy atom. The number of benzene rings is 2. The molecular weight excluding hydrogens is 402 g/mol. The van der Waals surface area contributed by atoms with Crippen molar-refractivity contribution in [2.75, 3.05) is 6.54 Å². The third kappa shape index (κ3) is 4.08. The van der Waals surface area contributed by atoms with Crippen molar-refractivity contribution in [1.29, 1.82) is 0 Å². The van der Waals surface area contributed by atoms with E-state index in [0.29, 0.717) is 25.1 Å². The molecule has 1 aliphatic rings. The van der Waals surface area contributed by atoms with Crippen LogP contribution in [0.4, 0.5) is 0 Å². The SMILES string of the molecule is Cc1ccc(C2/C(=C(/O)c3cc(C)ccc3C)C(=O)C(=O)N2CCCn2ccnc2)cc1. The van der Waals surface area contributed by atoms with Crippen LogP contribution in [0.25, 0.3) is 5.76 Å². The number of hydrogen-bond acceptors (Lipinski definition) is 4. The molecule has 3 aromatic rings. The number of Topliss-reactive ketones (excluding diaryl/α,β-unsaturated/α-hetero) is 1. The number of carbonyl (C=O) groups is 2. The van der Waals surface area contributed by atoms with E-state index < -0.39 is 17.7 Å². The zero-order valence-corrected chi connectivity index (χ0v) is 18.6. The van der Waals surface area contributed by atoms with Gasteiger partial charge in [0.05, 0.1) is 17.9 Å². The van der Waals surface area contributed by atoms with Crippen molar-refractivity contribution in [3.63, 3.8) is 0 Å². The number of aryl methyl sites for hydroxylation is 4. The van der Waals surface area contributed by atoms with Crippen LogP contribution in [0.15, 0.2) is 66.8 Å². The van der Waals surface area contributed by atoms with E-state index in [9.17, 15) is 14.7 Å². The molecule has 1 aromatic heterocycles. The number of carbonyl (C=O) groups excluding carboxylic acids is 2. The molecule has 6 heteroatoms. The van der Waals surface area contributed by atoms with Crippen molar-refractivity contribution in [2.45, 2.75) is 39.8 Å². The predicted octanol–water partition coefficient (Wildman–Crippen LogP) is 4.32. The second kappa shape index (κ2) is 8.83. The number of rotatable bonds is 6. The molecule has 1 fully saturated rings. The molecule has 32 heavy (non-hydrogen) atoms. The smallest absolute Gasteiger partial charge is 0.295 e. The Hall–Kier alpha value is -3.67. The number of aliphatic hydroxyl groups excluding tert-OH is 1. The van der Waals surface area contributed by atoms with E-state index in [2.05, 4.69) is 4.98 Å². The first-order valence-corrected chi connectivity index (χ1v) is 10.7. The first-order valence-electron chi connectivity index (χ1n) is 10.7. The zero-order valence-electron chi connectivity index (χ0n) is 18.6. The van der Waals surface area contributed by atoms with E-state index >= 15 is 0 Å². The van der Waals surface area contributed by atoms with E-state index in [1.807, 2.05) is 74.0 Å². The van der Waals surface area contributed by atoms with E-state index in [0.717, 1.165) is 22.3 Å². The average Bonchev–Trinajstić information content (AvgIpc) is 3.38. The molecule has 1 saturated heterocycles. The number of likely N-dealkylation sites (tertiary alicyclic amines) is 1. The topological polar surface area (TPSA) is 75.4 Å². The van der Waals surface area contributed by atoms with Crippen molar-refractivity contribution in [2.24, 2.45) is 0 Å². The molecule has 164 valence electrons. The van der Waals surface area contributed by atoms with Gasteiger partial charge in [-0.2, -0.15) is 0 Å². The molecular formula is C26H27N3O3. The van der Waals surface area contributed by atoms with Crippen LogP contribution in [0.5, 0.6) is 0 Å². The maximum atomic E-state index is 13.1. The quantitative estimate of drug-likeness (QED) is 0.360. The third-order valence-corrected chi connectivity index (χ3v) is 5.96. The van der Waals surface area contributed by atoms with E-state index in [1.54, 1.807) is 17.4 Å². The van der Waals surface area contributed by atoms with Crippen LogP contribution in [-0.2, 0) is 16.1 Å². The standard InChI is InChI=1S/C26H27N3O3/c1-17-6-9-20(10-7-17)23-22(24(30)21-15-18(2)5-8-19(21)3)25(31)26(32)29(23)13-4-12-28-14-11-27-16-28/h5-11,14-16,23,30H,4,12-13H2,1-3H3/b24-22-. The largest absolute Gasteiger partial charge is 0.507 e. The van der Waals surface area contributed by atoms with Crippen LogP contribution in [0.3, 0.4) is 0 Å². The van der Waals surface area contributed by atoms with Gasteiger partial charge in [0.25, 0.3) is 11.7 Å². The molecule has 0 aliphatic carbocycles. The Labute approximate surface area is 187 Å². The highest BCUT2D eigenvalue weighted by atomic mass is 16.3. The maximum absolute atomic E-state index is 13.1. The summed E-state index contributed by atoms with van der Waals surface area (Å²) in [6.07, 6.45) is 5.97. The van der Waals surface area contributed by atoms with Gasteiger partial charge >= 0.3 is 0 Å². The van der Waals surface area contributed by atoms with Gasteiger partial charge in [-0.05, 0) is 44.4 Å². The van der Waals surface area contributed by atoms with Crippen LogP contribution in [0.1, 0.15) is 40.3 Å². The van der Waals surface area contributed by atoms with Gasteiger partial charge in [-0.15, -0.1) is 0 Å². The summed E-state index contributed by atoms with van der Waals surface area (Å²) in [5, 5.41) is 11.3. The predicted molar refractivity (Wildman–Crippen MR) is 123 cm³/mol. The van der Waals surface area contributed by atoms with Crippen molar-refractivity contribution < 1.29 is 14.7 Å². The van der Waals surface area contributed by atoms with Gasteiger partial charge in [0.15, 0.2) is 0 Å². The van der Waals surface area contributed by atoms with Crippen molar-refractivity contribution in [3.8, 4) is 0 Å². The summed E-state index contributed by atoms with van der Waals surface area (Å²) >= 11 is 0. The maximum Gasteiger partial charge on any atom is 0.295 e. The molecule has 1 atom stereocenters. The summed E-state index contributed by atoms with van der Waals surface area (Å²) in [5.41, 5.74) is 4.44. The molecule has 6 nitrogen and oxygen atoms in total. The molecule has 4 rings (SSSR count). The third-order valence-electron chi connectivity index (χ3n) is 5.96. The number of hydrogen-bond donors (Lipinski definition) is 1. The molecule has 1 amide bonds. The number of ketones is 1. The Morgan fingerprint density at radius 2 is 1.72 bits per heavy atom. The second-order valence-electron chi connectivity index (χ2n) is 8.38. The zero-order chi connectivity index (χ0) is 22.8. The summed E-state index contributed by atoms with van der Waals surface area (Å²) in [5.74, 6) is -1.34. The second-order valence-corrected chi connectivity index (χ2v) is 8.38. The molecule has 0 bridgehead atoms. The average molecular weight is 430 g/mol. The molecule has 1 unspecified atom stereocenters. The fourth-order valence-electron chi connectivity index (χ4n) is 4.18. The van der Waals surface area contributed by atoms with E-state index in [-0.39, 0.29) is 11.3 Å². The highest BCUT2D eigenvalue weighted by molar-refractivity contribution is 6.46. The van der Waals surface area contributed by atoms with Gasteiger partial charge in [-0.25, -0.2) is 4.98 Å². The summed E-state index contributed by atoms with van der Waals surface area (Å²) in [7, 11) is 0. The molecule has 2 aromatic carbocycles. The fraction of sp³-hybridized carbons (Fsp3) is 0.269. The number of aromatic nitrogens is 2. The summed E-state index contributed by atoms with van der Waals surface area (Å²) in [6.45, 7) is 6.88. The van der Waals surface area contributed by atoms with Gasteiger partial charge in [0.2, 0.25) is 0 Å². The lowest BCUT2D eigenvalue weighted by Crippen LogP contribution is -2.31. The van der Waals surface area contributed by atoms with Crippen molar-refractivity contribution >= 4 is 17.4 Å². The Morgan fingerprint density at radius 3 is 2.41 bits per heavy atom. The number of imidazole rings is 1. The minimum absolute atomic E-state index is 0.118. The minimum Gasteiger partial charge on any atom is -0.507 e. The van der Waals surface area contributed by atoms with Crippen molar-refractivity contribution in [1.82, 2.24) is 14.5 Å². The molecule has 2 heterocycles. The van der Waals surface area contributed by atoms with E-state index in [1.165, 1.54) is 0 Å². The lowest BCUT2D eigenvalue weighted by Gasteiger charge is -2.25. The Balaban J connectivity index is 1.76. The lowest BCUT2D eigenvalue weighted by atomic mass is 9.93. The first-order chi connectivity index (χ1) is 15.4. The normalized spacial score (nSPS) is 17.8. The van der Waals surface area contributed by atoms with Gasteiger partial charge in [0, 0.05) is 31.0 Å². The van der Waals surface area contributed by atoms with Gasteiger partial charge in [0.1, 0.15) is 5.76 Å². The molecule has 0 radical (unpaired) electrons. The number of aliphatic hydroxyl groups is 1. The van der Waals surface area contributed by atoms with Crippen LogP contribution in [0.2, 0.25) is 0 Å². The molecule has 1 aliphatic heterocycles. The number of nitrogens with zero attached hydrogens (tertiary/aromatic N) is 3. The Bertz CT molecular complexity index is 1180. The van der Waals surface area contributed by atoms with Crippen molar-refractivity contribution in [3.05, 3.63) is 94.6 Å². The minimum atomic E-state index is -0.642. The van der Waals surface area contributed by atoms with Gasteiger partial charge in [-0.1, -0.05) is 47.5 Å². The van der Waals surface area contributed by atoms with E-state index in [4.69, 9.17) is 0 Å². The highest BCUT2D eigenvalue weighted by Gasteiger charge is 2.45. The summed E-state index contributed by atoms with van der Waals surface area (Å²) < 4.78 is 1.94. The van der Waals surface area contributed by atoms with Gasteiger partial charge < -0.3 is 14.6 Å². The summed E-state index contributed by atoms with van der Waals surface area (Å²) in [6, 6.07) is 12.8. The highest BCUT2D eigenvalue weighted by Crippen LogP contribution is 2.40. The fourth-order valence-corrected chi connectivity index (χ4v) is 4.18. The lowest BCUT2D eigenvalue weighted by molar-refractivity contribution is -0.139. The molecule has 0 saturated carbocycles. The van der Waals surface area contributed by atoms with Crippen LogP contribution >= 0.6 is 0 Å². The Kier molecular flexibility index (Phi) is 5.95. The number of amides is 1. The van der Waals surface area contributed by atoms with Gasteiger partial charge in [-0.3, -0.25) is 9.59 Å². The van der Waals surface area contributed by atoms with Crippen LogP contribution in [0, 0.1) is 20.8 Å². The molecule has 1 N–H and O–H groups in total. The van der Waals surface area contributed by atoms with Crippen LogP contribution in [-0.4, -0.2) is 37.8 Å². The molecule has 0 spiro atoms. The monoisotopic (exact) mass is 429 g/mol. The van der Waals surface area contributed by atoms with Crippen LogP contribution < -0.4 is 0 Å².